The van der Waals surface area contributed by atoms with Gasteiger partial charge in [-0.2, -0.15) is 0 Å². The van der Waals surface area contributed by atoms with E-state index in [1.165, 1.54) is 0 Å². The van der Waals surface area contributed by atoms with Gasteiger partial charge in [0.15, 0.2) is 0 Å². The molecule has 0 aromatic rings. The Bertz CT molecular complexity index is 112. The minimum Gasteiger partial charge on any atom is -0.465 e. The average molecular weight is 160 g/mol. The third kappa shape index (κ3) is 4.79. The summed E-state index contributed by atoms with van der Waals surface area (Å²) >= 11 is 0. The van der Waals surface area contributed by atoms with Crippen molar-refractivity contribution in [2.45, 2.75) is 26.7 Å². The van der Waals surface area contributed by atoms with E-state index >= 15 is 0 Å². The zero-order chi connectivity index (χ0) is 8.69. The van der Waals surface area contributed by atoms with Crippen LogP contribution in [0, 0.1) is 5.92 Å². The van der Waals surface area contributed by atoms with Crippen molar-refractivity contribution in [2.75, 3.05) is 13.2 Å². The van der Waals surface area contributed by atoms with Gasteiger partial charge in [-0.05, 0) is 13.3 Å². The van der Waals surface area contributed by atoms with Gasteiger partial charge >= 0.3 is 5.97 Å². The molecule has 3 nitrogen and oxygen atoms in total. The van der Waals surface area contributed by atoms with Crippen molar-refractivity contribution in [2.24, 2.45) is 5.92 Å². The van der Waals surface area contributed by atoms with Gasteiger partial charge < -0.3 is 9.84 Å². The van der Waals surface area contributed by atoms with Crippen molar-refractivity contribution in [3.05, 3.63) is 0 Å². The number of carbonyl (C=O) groups is 1. The molecule has 0 radical (unpaired) electrons. The second kappa shape index (κ2) is 6.16. The number of aliphatic hydroxyl groups excluding tert-OH is 1. The summed E-state index contributed by atoms with van der Waals surface area (Å²) < 4.78 is 4.84. The van der Waals surface area contributed by atoms with Gasteiger partial charge in [-0.25, -0.2) is 0 Å². The summed E-state index contributed by atoms with van der Waals surface area (Å²) in [5, 5.41) is 8.56. The summed E-state index contributed by atoms with van der Waals surface area (Å²) in [6.45, 7) is 4.02. The summed E-state index contributed by atoms with van der Waals surface area (Å²) in [5.74, 6) is -0.687. The van der Waals surface area contributed by atoms with E-state index in [9.17, 15) is 4.79 Å². The SMILES string of the molecule is CCCCOC(=O)C(C)CO. The van der Waals surface area contributed by atoms with Gasteiger partial charge in [0.25, 0.3) is 0 Å². The lowest BCUT2D eigenvalue weighted by Gasteiger charge is -2.07. The predicted molar refractivity (Wildman–Crippen MR) is 42.1 cm³/mol. The molecule has 0 bridgehead atoms. The van der Waals surface area contributed by atoms with Crippen LogP contribution in [0.1, 0.15) is 26.7 Å². The number of aliphatic hydroxyl groups is 1. The van der Waals surface area contributed by atoms with Gasteiger partial charge in [-0.3, -0.25) is 4.79 Å². The van der Waals surface area contributed by atoms with Gasteiger partial charge in [-0.1, -0.05) is 13.3 Å². The largest absolute Gasteiger partial charge is 0.465 e. The summed E-state index contributed by atoms with van der Waals surface area (Å²) in [4.78, 5) is 10.9. The summed E-state index contributed by atoms with van der Waals surface area (Å²) in [5.41, 5.74) is 0. The monoisotopic (exact) mass is 160 g/mol. The second-order valence-corrected chi connectivity index (χ2v) is 2.60. The molecule has 0 aromatic carbocycles. The Balaban J connectivity index is 3.36. The van der Waals surface area contributed by atoms with E-state index in [4.69, 9.17) is 9.84 Å². The fourth-order valence-electron chi connectivity index (χ4n) is 0.534. The van der Waals surface area contributed by atoms with Crippen LogP contribution >= 0.6 is 0 Å². The molecular weight excluding hydrogens is 144 g/mol. The zero-order valence-electron chi connectivity index (χ0n) is 7.17. The minimum atomic E-state index is -0.383. The molecule has 11 heavy (non-hydrogen) atoms. The number of ether oxygens (including phenoxy) is 1. The molecule has 66 valence electrons. The fraction of sp³-hybridized carbons (Fsp3) is 0.875. The van der Waals surface area contributed by atoms with Crippen molar-refractivity contribution < 1.29 is 14.6 Å². The number of unbranched alkanes of at least 4 members (excludes halogenated alkanes) is 1. The first-order chi connectivity index (χ1) is 5.22. The highest BCUT2D eigenvalue weighted by atomic mass is 16.5. The lowest BCUT2D eigenvalue weighted by Crippen LogP contribution is -2.18. The van der Waals surface area contributed by atoms with Crippen molar-refractivity contribution in [1.29, 1.82) is 0 Å². The Hall–Kier alpha value is -0.570. The molecule has 1 atom stereocenters. The molecule has 0 aliphatic rings. The van der Waals surface area contributed by atoms with E-state index < -0.39 is 0 Å². The van der Waals surface area contributed by atoms with Crippen LogP contribution in [0.15, 0.2) is 0 Å². The van der Waals surface area contributed by atoms with Gasteiger partial charge in [0, 0.05) is 0 Å². The zero-order valence-corrected chi connectivity index (χ0v) is 7.17. The smallest absolute Gasteiger partial charge is 0.310 e. The molecule has 0 fully saturated rings. The first kappa shape index (κ1) is 10.4. The molecule has 0 aliphatic carbocycles. The number of rotatable bonds is 5. The van der Waals surface area contributed by atoms with Crippen LogP contribution in [0.3, 0.4) is 0 Å². The predicted octanol–water partition coefficient (Wildman–Crippen LogP) is 0.958. The Morgan fingerprint density at radius 3 is 2.73 bits per heavy atom. The molecule has 1 unspecified atom stereocenters. The van der Waals surface area contributed by atoms with E-state index in [0.717, 1.165) is 12.8 Å². The molecule has 0 saturated heterocycles. The van der Waals surface area contributed by atoms with Gasteiger partial charge in [0.2, 0.25) is 0 Å². The Kier molecular flexibility index (Phi) is 5.84. The first-order valence-electron chi connectivity index (χ1n) is 3.99. The second-order valence-electron chi connectivity index (χ2n) is 2.60. The van der Waals surface area contributed by atoms with Gasteiger partial charge in [-0.15, -0.1) is 0 Å². The molecule has 0 saturated carbocycles. The number of carbonyl (C=O) groups excluding carboxylic acids is 1. The quantitative estimate of drug-likeness (QED) is 0.481. The van der Waals surface area contributed by atoms with Crippen molar-refractivity contribution >= 4 is 5.97 Å². The van der Waals surface area contributed by atoms with Crippen LogP contribution in [0.25, 0.3) is 0 Å². The van der Waals surface area contributed by atoms with Crippen LogP contribution in [0.4, 0.5) is 0 Å². The molecule has 0 aromatic heterocycles. The molecule has 1 N–H and O–H groups in total. The van der Waals surface area contributed by atoms with Gasteiger partial charge in [0.1, 0.15) is 0 Å². The number of hydrogen-bond acceptors (Lipinski definition) is 3. The molecule has 0 spiro atoms. The molecule has 0 rings (SSSR count). The number of hydrogen-bond donors (Lipinski definition) is 1. The fourth-order valence-corrected chi connectivity index (χ4v) is 0.534. The van der Waals surface area contributed by atoms with Crippen LogP contribution in [0.2, 0.25) is 0 Å². The lowest BCUT2D eigenvalue weighted by molar-refractivity contribution is -0.149. The third-order valence-corrected chi connectivity index (χ3v) is 1.42. The Morgan fingerprint density at radius 2 is 2.27 bits per heavy atom. The van der Waals surface area contributed by atoms with E-state index in [1.807, 2.05) is 6.92 Å². The topological polar surface area (TPSA) is 46.5 Å². The van der Waals surface area contributed by atoms with Crippen LogP contribution in [-0.4, -0.2) is 24.3 Å². The molecule has 0 aliphatic heterocycles. The van der Waals surface area contributed by atoms with Crippen LogP contribution < -0.4 is 0 Å². The van der Waals surface area contributed by atoms with Crippen LogP contribution in [-0.2, 0) is 9.53 Å². The highest BCUT2D eigenvalue weighted by Crippen LogP contribution is 1.98. The normalized spacial score (nSPS) is 12.6. The van der Waals surface area contributed by atoms with Crippen molar-refractivity contribution in [1.82, 2.24) is 0 Å². The first-order valence-corrected chi connectivity index (χ1v) is 3.99. The number of esters is 1. The minimum absolute atomic E-state index is 0.134. The Labute approximate surface area is 67.4 Å². The summed E-state index contributed by atoms with van der Waals surface area (Å²) in [7, 11) is 0. The highest BCUT2D eigenvalue weighted by molar-refractivity contribution is 5.72. The van der Waals surface area contributed by atoms with E-state index in [-0.39, 0.29) is 18.5 Å². The maximum atomic E-state index is 10.9. The maximum Gasteiger partial charge on any atom is 0.310 e. The molecule has 0 heterocycles. The van der Waals surface area contributed by atoms with Crippen molar-refractivity contribution in [3.8, 4) is 0 Å². The van der Waals surface area contributed by atoms with Crippen LogP contribution in [0.5, 0.6) is 0 Å². The standard InChI is InChI=1S/C8H16O3/c1-3-4-5-11-8(10)7(2)6-9/h7,9H,3-6H2,1-2H3. The van der Waals surface area contributed by atoms with E-state index in [1.54, 1.807) is 6.92 Å². The Morgan fingerprint density at radius 1 is 1.64 bits per heavy atom. The molecular formula is C8H16O3. The molecule has 3 heteroatoms. The highest BCUT2D eigenvalue weighted by Gasteiger charge is 2.11. The molecule has 0 amide bonds. The van der Waals surface area contributed by atoms with Gasteiger partial charge in [0.05, 0.1) is 19.1 Å². The average Bonchev–Trinajstić information content (AvgIpc) is 2.03. The third-order valence-electron chi connectivity index (χ3n) is 1.42. The summed E-state index contributed by atoms with van der Waals surface area (Å²) in [6, 6.07) is 0. The lowest BCUT2D eigenvalue weighted by atomic mass is 10.2. The maximum absolute atomic E-state index is 10.9. The summed E-state index contributed by atoms with van der Waals surface area (Å²) in [6.07, 6.45) is 1.91. The van der Waals surface area contributed by atoms with E-state index in [2.05, 4.69) is 0 Å². The van der Waals surface area contributed by atoms with E-state index in [0.29, 0.717) is 6.61 Å². The van der Waals surface area contributed by atoms with Crippen molar-refractivity contribution in [3.63, 3.8) is 0 Å².